The highest BCUT2D eigenvalue weighted by atomic mass is 16.5. The van der Waals surface area contributed by atoms with Crippen molar-refractivity contribution in [2.45, 2.75) is 19.4 Å². The monoisotopic (exact) mass is 336 g/mol. The maximum atomic E-state index is 5.64. The van der Waals surface area contributed by atoms with Crippen molar-refractivity contribution in [1.82, 2.24) is 25.0 Å². The Kier molecular flexibility index (Phi) is 4.39. The number of aromatic nitrogens is 4. The van der Waals surface area contributed by atoms with Crippen molar-refractivity contribution >= 4 is 5.82 Å². The van der Waals surface area contributed by atoms with Gasteiger partial charge in [0.1, 0.15) is 5.82 Å². The largest absolute Gasteiger partial charge is 0.384 e. The highest BCUT2D eigenvalue weighted by Crippen LogP contribution is 2.23. The van der Waals surface area contributed by atoms with E-state index in [1.807, 2.05) is 24.4 Å². The van der Waals surface area contributed by atoms with Crippen molar-refractivity contribution in [1.29, 1.82) is 0 Å². The van der Waals surface area contributed by atoms with Crippen molar-refractivity contribution in [3.8, 4) is 11.4 Å². The van der Waals surface area contributed by atoms with Crippen LogP contribution < -0.4 is 5.73 Å². The van der Waals surface area contributed by atoms with Gasteiger partial charge in [-0.3, -0.25) is 9.88 Å². The van der Waals surface area contributed by atoms with Gasteiger partial charge in [-0.25, -0.2) is 4.98 Å². The van der Waals surface area contributed by atoms with Gasteiger partial charge in [0.05, 0.1) is 6.54 Å². The van der Waals surface area contributed by atoms with Crippen molar-refractivity contribution in [3.05, 3.63) is 54.3 Å². The summed E-state index contributed by atoms with van der Waals surface area (Å²) in [6.45, 7) is 2.75. The topological polar surface area (TPSA) is 94.0 Å². The molecule has 1 saturated heterocycles. The molecule has 0 saturated carbocycles. The van der Waals surface area contributed by atoms with E-state index in [0.717, 1.165) is 31.5 Å². The van der Waals surface area contributed by atoms with Crippen LogP contribution in [0.25, 0.3) is 11.4 Å². The number of likely N-dealkylation sites (tertiary alicyclic amines) is 1. The van der Waals surface area contributed by atoms with E-state index in [4.69, 9.17) is 10.3 Å². The third-order valence-electron chi connectivity index (χ3n) is 4.49. The van der Waals surface area contributed by atoms with Crippen molar-refractivity contribution in [2.75, 3.05) is 18.8 Å². The van der Waals surface area contributed by atoms with Crippen LogP contribution in [0.4, 0.5) is 5.82 Å². The highest BCUT2D eigenvalue weighted by molar-refractivity contribution is 5.51. The van der Waals surface area contributed by atoms with Crippen LogP contribution >= 0.6 is 0 Å². The van der Waals surface area contributed by atoms with Gasteiger partial charge in [-0.1, -0.05) is 11.2 Å². The number of nitrogen functional groups attached to an aromatic ring is 1. The second kappa shape index (κ2) is 6.98. The van der Waals surface area contributed by atoms with Crippen LogP contribution in [0.2, 0.25) is 0 Å². The van der Waals surface area contributed by atoms with Crippen LogP contribution in [0.15, 0.2) is 47.4 Å². The first-order chi connectivity index (χ1) is 12.3. The summed E-state index contributed by atoms with van der Waals surface area (Å²) in [6, 6.07) is 7.71. The number of pyridine rings is 2. The van der Waals surface area contributed by atoms with E-state index in [-0.39, 0.29) is 0 Å². The molecule has 128 valence electrons. The van der Waals surface area contributed by atoms with E-state index < -0.39 is 0 Å². The molecule has 0 spiro atoms. The lowest BCUT2D eigenvalue weighted by atomic mass is 10.00. The van der Waals surface area contributed by atoms with Gasteiger partial charge in [0.2, 0.25) is 11.7 Å². The maximum absolute atomic E-state index is 5.64. The van der Waals surface area contributed by atoms with E-state index in [1.54, 1.807) is 12.4 Å². The first-order valence-corrected chi connectivity index (χ1v) is 8.42. The minimum absolute atomic E-state index is 0.567. The molecule has 25 heavy (non-hydrogen) atoms. The summed E-state index contributed by atoms with van der Waals surface area (Å²) in [4.78, 5) is 15.1. The Morgan fingerprint density at radius 2 is 2.20 bits per heavy atom. The predicted molar refractivity (Wildman–Crippen MR) is 93.3 cm³/mol. The van der Waals surface area contributed by atoms with E-state index in [0.29, 0.717) is 30.0 Å². The average molecular weight is 336 g/mol. The number of hydrogen-bond acceptors (Lipinski definition) is 7. The Balaban J connectivity index is 1.34. The van der Waals surface area contributed by atoms with Gasteiger partial charge in [-0.2, -0.15) is 4.98 Å². The molecule has 1 aliphatic rings. The molecule has 0 radical (unpaired) electrons. The molecule has 1 atom stereocenters. The third-order valence-corrected chi connectivity index (χ3v) is 4.49. The fourth-order valence-corrected chi connectivity index (χ4v) is 3.24. The molecule has 4 rings (SSSR count). The van der Waals surface area contributed by atoms with E-state index in [9.17, 15) is 0 Å². The molecule has 7 heteroatoms. The van der Waals surface area contributed by atoms with Crippen LogP contribution in [0, 0.1) is 5.92 Å². The SMILES string of the molecule is Nc1ccc(CC2CCN(Cc3nc(-c4cccnc4)no3)C2)cn1. The lowest BCUT2D eigenvalue weighted by Gasteiger charge is -2.13. The molecule has 1 unspecified atom stereocenters. The number of rotatable bonds is 5. The van der Waals surface area contributed by atoms with Crippen LogP contribution in [0.1, 0.15) is 17.9 Å². The first kappa shape index (κ1) is 15.7. The van der Waals surface area contributed by atoms with Crippen molar-refractivity contribution < 1.29 is 4.52 Å². The quantitative estimate of drug-likeness (QED) is 0.763. The molecule has 3 aromatic heterocycles. The van der Waals surface area contributed by atoms with E-state index in [2.05, 4.69) is 31.1 Å². The Morgan fingerprint density at radius 3 is 3.00 bits per heavy atom. The van der Waals surface area contributed by atoms with Gasteiger partial charge in [-0.15, -0.1) is 0 Å². The summed E-state index contributed by atoms with van der Waals surface area (Å²) in [7, 11) is 0. The fraction of sp³-hybridized carbons (Fsp3) is 0.333. The molecular weight excluding hydrogens is 316 g/mol. The maximum Gasteiger partial charge on any atom is 0.241 e. The molecule has 3 aromatic rings. The highest BCUT2D eigenvalue weighted by Gasteiger charge is 2.24. The average Bonchev–Trinajstić information content (AvgIpc) is 3.28. The lowest BCUT2D eigenvalue weighted by molar-refractivity contribution is 0.260. The standard InChI is InChI=1S/C18H20N6O/c19-16-4-3-13(9-21-16)8-14-5-7-24(11-14)12-17-22-18(23-25-17)15-2-1-6-20-10-15/h1-4,6,9-10,14H,5,7-8,11-12H2,(H2,19,21). The molecule has 0 aromatic carbocycles. The molecule has 7 nitrogen and oxygen atoms in total. The molecule has 0 aliphatic carbocycles. The zero-order valence-corrected chi connectivity index (χ0v) is 13.9. The smallest absolute Gasteiger partial charge is 0.241 e. The second-order valence-corrected chi connectivity index (χ2v) is 6.44. The Bertz CT molecular complexity index is 817. The van der Waals surface area contributed by atoms with Gasteiger partial charge >= 0.3 is 0 Å². The number of hydrogen-bond donors (Lipinski definition) is 1. The molecule has 1 aliphatic heterocycles. The van der Waals surface area contributed by atoms with E-state index in [1.165, 1.54) is 5.56 Å². The zero-order valence-electron chi connectivity index (χ0n) is 13.9. The minimum Gasteiger partial charge on any atom is -0.384 e. The summed E-state index contributed by atoms with van der Waals surface area (Å²) >= 11 is 0. The van der Waals surface area contributed by atoms with Gasteiger partial charge in [0.25, 0.3) is 0 Å². The fourth-order valence-electron chi connectivity index (χ4n) is 3.24. The van der Waals surface area contributed by atoms with E-state index >= 15 is 0 Å². The number of anilines is 1. The second-order valence-electron chi connectivity index (χ2n) is 6.44. The Hall–Kier alpha value is -2.80. The predicted octanol–water partition coefficient (Wildman–Crippen LogP) is 2.17. The Labute approximate surface area is 145 Å². The number of nitrogens with two attached hydrogens (primary N) is 1. The zero-order chi connectivity index (χ0) is 17.1. The molecule has 4 heterocycles. The van der Waals surface area contributed by atoms with Gasteiger partial charge in [-0.05, 0) is 49.1 Å². The van der Waals surface area contributed by atoms with Gasteiger partial charge in [0.15, 0.2) is 0 Å². The van der Waals surface area contributed by atoms with Gasteiger partial charge < -0.3 is 10.3 Å². The lowest BCUT2D eigenvalue weighted by Crippen LogP contribution is -2.20. The molecule has 0 bridgehead atoms. The summed E-state index contributed by atoms with van der Waals surface area (Å²) in [5, 5.41) is 4.05. The Morgan fingerprint density at radius 1 is 1.24 bits per heavy atom. The summed E-state index contributed by atoms with van der Waals surface area (Å²) in [5.41, 5.74) is 7.74. The van der Waals surface area contributed by atoms with Crippen molar-refractivity contribution in [3.63, 3.8) is 0 Å². The summed E-state index contributed by atoms with van der Waals surface area (Å²) < 4.78 is 5.39. The summed E-state index contributed by atoms with van der Waals surface area (Å²) in [5.74, 6) is 2.42. The minimum atomic E-state index is 0.567. The van der Waals surface area contributed by atoms with Gasteiger partial charge in [0, 0.05) is 30.7 Å². The molecular formula is C18H20N6O. The van der Waals surface area contributed by atoms with Crippen LogP contribution in [-0.4, -0.2) is 38.1 Å². The number of nitrogens with zero attached hydrogens (tertiary/aromatic N) is 5. The van der Waals surface area contributed by atoms with Crippen LogP contribution in [0.5, 0.6) is 0 Å². The molecule has 2 N–H and O–H groups in total. The molecule has 1 fully saturated rings. The normalized spacial score (nSPS) is 17.8. The van der Waals surface area contributed by atoms with Crippen LogP contribution in [-0.2, 0) is 13.0 Å². The third kappa shape index (κ3) is 3.83. The van der Waals surface area contributed by atoms with Crippen molar-refractivity contribution in [2.24, 2.45) is 5.92 Å². The molecule has 0 amide bonds. The van der Waals surface area contributed by atoms with Crippen LogP contribution in [0.3, 0.4) is 0 Å². The summed E-state index contributed by atoms with van der Waals surface area (Å²) in [6.07, 6.45) is 7.52. The first-order valence-electron chi connectivity index (χ1n) is 8.42.